The van der Waals surface area contributed by atoms with Crippen molar-refractivity contribution in [3.63, 3.8) is 0 Å². The van der Waals surface area contributed by atoms with Crippen LogP contribution in [0.4, 0.5) is 0 Å². The van der Waals surface area contributed by atoms with Gasteiger partial charge in [0.05, 0.1) is 13.2 Å². The second-order valence-electron chi connectivity index (χ2n) is 14.9. The molecule has 0 amide bonds. The summed E-state index contributed by atoms with van der Waals surface area (Å²) in [5, 5.41) is 0. The van der Waals surface area contributed by atoms with Crippen LogP contribution in [0, 0.1) is 0 Å². The third-order valence-corrected chi connectivity index (χ3v) is 10.4. The molecule has 0 fully saturated rings. The van der Waals surface area contributed by atoms with Gasteiger partial charge in [-0.15, -0.1) is 0 Å². The number of nitrogens with zero attached hydrogens (tertiary/aromatic N) is 1. The highest BCUT2D eigenvalue weighted by Crippen LogP contribution is 2.12. The van der Waals surface area contributed by atoms with Gasteiger partial charge in [-0.05, 0) is 78.3 Å². The number of nitrogens with one attached hydrogen (secondary N) is 1. The molecule has 7 nitrogen and oxygen atoms in total. The molecule has 0 saturated carbocycles. The van der Waals surface area contributed by atoms with E-state index in [-0.39, 0.29) is 13.2 Å². The molecule has 0 aromatic heterocycles. The Hall–Kier alpha value is -0.770. The summed E-state index contributed by atoms with van der Waals surface area (Å²) in [7, 11) is -0.0537. The zero-order chi connectivity index (χ0) is 37.4. The number of hydrogen-bond donors (Lipinski definition) is 1. The van der Waals surface area contributed by atoms with Crippen LogP contribution >= 0.6 is 0 Å². The molecule has 0 atom stereocenters. The van der Waals surface area contributed by atoms with Crippen LogP contribution in [-0.2, 0) is 24.0 Å². The van der Waals surface area contributed by atoms with Crippen molar-refractivity contribution in [1.29, 1.82) is 0 Å². The fraction of sp³-hybridized carbons (Fsp3) is 0.907. The molecule has 1 N–H and O–H groups in total. The van der Waals surface area contributed by atoms with Crippen molar-refractivity contribution in [2.45, 2.75) is 200 Å². The zero-order valence-corrected chi connectivity index (χ0v) is 35.1. The Morgan fingerprint density at radius 3 is 1.20 bits per heavy atom. The summed E-state index contributed by atoms with van der Waals surface area (Å²) in [6.07, 6.45) is 44.5. The Bertz CT molecular complexity index is 803. The van der Waals surface area contributed by atoms with Gasteiger partial charge in [0, 0.05) is 26.3 Å². The molecule has 0 saturated heterocycles. The molecule has 0 rings (SSSR count). The van der Waals surface area contributed by atoms with Crippen molar-refractivity contribution in [3.05, 3.63) is 24.3 Å². The second kappa shape index (κ2) is 40.4. The molecule has 0 aromatic carbocycles. The standard InChI is InChI=1S/C43H86N2O5S/c1-5-7-9-11-13-15-17-19-21-23-25-27-29-31-33-35-39-48-41-43(50-51(46,47)44-37-38-45(3)4)42-49-40-36-34-32-30-28-26-24-22-20-18-16-14-12-10-8-6-2/h19-22,43-44H,5-18,23-42H2,1-4H3. The monoisotopic (exact) mass is 743 g/mol. The minimum Gasteiger partial charge on any atom is -0.379 e. The summed E-state index contributed by atoms with van der Waals surface area (Å²) in [4.78, 5) is 1.93. The van der Waals surface area contributed by atoms with Crippen molar-refractivity contribution in [3.8, 4) is 0 Å². The first-order valence-corrected chi connectivity index (χ1v) is 23.1. The summed E-state index contributed by atoms with van der Waals surface area (Å²) in [6.45, 7) is 7.11. The van der Waals surface area contributed by atoms with Crippen molar-refractivity contribution in [2.75, 3.05) is 53.6 Å². The molecule has 0 aromatic rings. The highest BCUT2D eigenvalue weighted by molar-refractivity contribution is 7.84. The normalized spacial score (nSPS) is 13.0. The van der Waals surface area contributed by atoms with Crippen LogP contribution in [-0.4, -0.2) is 73.0 Å². The van der Waals surface area contributed by atoms with Crippen LogP contribution < -0.4 is 4.72 Å². The van der Waals surface area contributed by atoms with Gasteiger partial charge in [0.25, 0.3) is 0 Å². The van der Waals surface area contributed by atoms with E-state index in [0.717, 1.165) is 25.7 Å². The molecular weight excluding hydrogens is 657 g/mol. The lowest BCUT2D eigenvalue weighted by Gasteiger charge is -2.19. The van der Waals surface area contributed by atoms with E-state index in [1.54, 1.807) is 0 Å². The number of likely N-dealkylation sites (N-methyl/N-ethyl adjacent to an activating group) is 1. The number of hydrogen-bond acceptors (Lipinski definition) is 6. The van der Waals surface area contributed by atoms with E-state index in [0.29, 0.717) is 26.3 Å². The topological polar surface area (TPSA) is 77.1 Å². The van der Waals surface area contributed by atoms with E-state index in [9.17, 15) is 8.42 Å². The quantitative estimate of drug-likeness (QED) is 0.0496. The molecule has 51 heavy (non-hydrogen) atoms. The van der Waals surface area contributed by atoms with Gasteiger partial charge in [0.2, 0.25) is 0 Å². The van der Waals surface area contributed by atoms with Gasteiger partial charge >= 0.3 is 10.3 Å². The summed E-state index contributed by atoms with van der Waals surface area (Å²) in [5.41, 5.74) is 0. The summed E-state index contributed by atoms with van der Waals surface area (Å²) < 4.78 is 44.8. The van der Waals surface area contributed by atoms with Crippen LogP contribution in [0.2, 0.25) is 0 Å². The van der Waals surface area contributed by atoms with E-state index < -0.39 is 16.4 Å². The van der Waals surface area contributed by atoms with Crippen LogP contribution in [0.25, 0.3) is 0 Å². The van der Waals surface area contributed by atoms with Crippen molar-refractivity contribution >= 4 is 10.3 Å². The Kier molecular flexibility index (Phi) is 39.8. The molecule has 0 spiro atoms. The fourth-order valence-corrected chi connectivity index (χ4v) is 6.92. The van der Waals surface area contributed by atoms with E-state index in [1.807, 2.05) is 19.0 Å². The minimum atomic E-state index is -3.87. The molecule has 0 unspecified atom stereocenters. The van der Waals surface area contributed by atoms with Gasteiger partial charge in [-0.3, -0.25) is 0 Å². The average molecular weight is 743 g/mol. The Balaban J connectivity index is 4.01. The molecule has 0 bridgehead atoms. The Morgan fingerprint density at radius 1 is 0.510 bits per heavy atom. The first kappa shape index (κ1) is 50.2. The maximum absolute atomic E-state index is 12.5. The molecule has 0 aliphatic rings. The molecule has 8 heteroatoms. The van der Waals surface area contributed by atoms with Gasteiger partial charge in [-0.1, -0.05) is 154 Å². The smallest absolute Gasteiger partial charge is 0.336 e. The SMILES string of the molecule is CCCCCCCCC=CCCCCCCCCOCC(COCCCCCCCCC=CCCCCCCCC)OS(=O)(=O)NCCN(C)C. The summed E-state index contributed by atoms with van der Waals surface area (Å²) in [6, 6.07) is 0. The molecule has 0 heterocycles. The summed E-state index contributed by atoms with van der Waals surface area (Å²) in [5.74, 6) is 0. The van der Waals surface area contributed by atoms with Gasteiger partial charge in [-0.25, -0.2) is 4.18 Å². The van der Waals surface area contributed by atoms with Crippen molar-refractivity contribution in [2.24, 2.45) is 0 Å². The Morgan fingerprint density at radius 2 is 0.843 bits per heavy atom. The lowest BCUT2D eigenvalue weighted by Crippen LogP contribution is -2.37. The van der Waals surface area contributed by atoms with Gasteiger partial charge in [0.1, 0.15) is 6.10 Å². The third-order valence-electron chi connectivity index (χ3n) is 9.31. The summed E-state index contributed by atoms with van der Waals surface area (Å²) >= 11 is 0. The minimum absolute atomic E-state index is 0.215. The van der Waals surface area contributed by atoms with E-state index >= 15 is 0 Å². The van der Waals surface area contributed by atoms with Crippen LogP contribution in [0.15, 0.2) is 24.3 Å². The fourth-order valence-electron chi connectivity index (χ4n) is 6.04. The molecular formula is C43H86N2O5S. The second-order valence-corrected chi connectivity index (χ2v) is 16.3. The number of allylic oxidation sites excluding steroid dienone is 4. The third kappa shape index (κ3) is 41.8. The molecule has 304 valence electrons. The molecule has 0 radical (unpaired) electrons. The number of unbranched alkanes of at least 4 members (excludes halogenated alkanes) is 24. The number of ether oxygens (including phenoxy) is 2. The van der Waals surface area contributed by atoms with Crippen LogP contribution in [0.3, 0.4) is 0 Å². The van der Waals surface area contributed by atoms with Gasteiger partial charge < -0.3 is 14.4 Å². The average Bonchev–Trinajstić information content (AvgIpc) is 3.10. The van der Waals surface area contributed by atoms with E-state index in [4.69, 9.17) is 13.7 Å². The highest BCUT2D eigenvalue weighted by Gasteiger charge is 2.20. The van der Waals surface area contributed by atoms with Crippen LogP contribution in [0.1, 0.15) is 194 Å². The van der Waals surface area contributed by atoms with Gasteiger partial charge in [0.15, 0.2) is 0 Å². The molecule has 0 aliphatic heterocycles. The predicted molar refractivity (Wildman–Crippen MR) is 221 cm³/mol. The zero-order valence-electron chi connectivity index (χ0n) is 34.3. The lowest BCUT2D eigenvalue weighted by atomic mass is 10.1. The Labute approximate surface area is 318 Å². The van der Waals surface area contributed by atoms with Crippen LogP contribution in [0.5, 0.6) is 0 Å². The highest BCUT2D eigenvalue weighted by atomic mass is 32.2. The first-order valence-electron chi connectivity index (χ1n) is 21.7. The van der Waals surface area contributed by atoms with E-state index in [1.165, 1.54) is 154 Å². The largest absolute Gasteiger partial charge is 0.379 e. The predicted octanol–water partition coefficient (Wildman–Crippen LogP) is 11.9. The van der Waals surface area contributed by atoms with Crippen molar-refractivity contribution in [1.82, 2.24) is 9.62 Å². The van der Waals surface area contributed by atoms with Crippen molar-refractivity contribution < 1.29 is 22.1 Å². The number of rotatable bonds is 42. The maximum atomic E-state index is 12.5. The van der Waals surface area contributed by atoms with E-state index in [2.05, 4.69) is 42.9 Å². The first-order chi connectivity index (χ1) is 24.9. The lowest BCUT2D eigenvalue weighted by molar-refractivity contribution is -0.00575. The maximum Gasteiger partial charge on any atom is 0.336 e. The van der Waals surface area contributed by atoms with Gasteiger partial charge in [-0.2, -0.15) is 13.1 Å². The molecule has 0 aliphatic carbocycles.